The standard InChI is InChI=1S/C13H16N2O/c1-2-3-6-11-7-4-8-12(16)13(11)15-10-5-9-14-15/h4-5,7-10,16H,2-3,6H2,1H3. The van der Waals surface area contributed by atoms with Crippen LogP contribution in [0.4, 0.5) is 0 Å². The van der Waals surface area contributed by atoms with Gasteiger partial charge < -0.3 is 5.11 Å². The fourth-order valence-corrected chi connectivity index (χ4v) is 1.81. The van der Waals surface area contributed by atoms with Crippen LogP contribution in [0.2, 0.25) is 0 Å². The molecule has 0 bridgehead atoms. The number of phenols is 1. The van der Waals surface area contributed by atoms with E-state index in [1.807, 2.05) is 24.4 Å². The number of para-hydroxylation sites is 1. The second kappa shape index (κ2) is 4.84. The summed E-state index contributed by atoms with van der Waals surface area (Å²) in [6, 6.07) is 7.49. The van der Waals surface area contributed by atoms with Crippen LogP contribution in [0.25, 0.3) is 5.69 Å². The highest BCUT2D eigenvalue weighted by atomic mass is 16.3. The van der Waals surface area contributed by atoms with Crippen molar-refractivity contribution in [3.8, 4) is 11.4 Å². The van der Waals surface area contributed by atoms with Crippen molar-refractivity contribution < 1.29 is 5.11 Å². The van der Waals surface area contributed by atoms with Crippen LogP contribution in [0.1, 0.15) is 25.3 Å². The largest absolute Gasteiger partial charge is 0.506 e. The zero-order valence-electron chi connectivity index (χ0n) is 9.43. The number of aryl methyl sites for hydroxylation is 1. The first kappa shape index (κ1) is 10.7. The van der Waals surface area contributed by atoms with Crippen molar-refractivity contribution in [1.82, 2.24) is 9.78 Å². The average molecular weight is 216 g/mol. The molecule has 1 aromatic carbocycles. The number of rotatable bonds is 4. The average Bonchev–Trinajstić information content (AvgIpc) is 2.79. The zero-order chi connectivity index (χ0) is 11.4. The lowest BCUT2D eigenvalue weighted by Crippen LogP contribution is -2.00. The predicted octanol–water partition coefficient (Wildman–Crippen LogP) is 2.92. The minimum atomic E-state index is 0.289. The first-order chi connectivity index (χ1) is 7.83. The lowest BCUT2D eigenvalue weighted by molar-refractivity contribution is 0.469. The number of unbranched alkanes of at least 4 members (excludes halogenated alkanes) is 1. The Morgan fingerprint density at radius 1 is 1.31 bits per heavy atom. The fraction of sp³-hybridized carbons (Fsp3) is 0.308. The Labute approximate surface area is 95.3 Å². The van der Waals surface area contributed by atoms with Gasteiger partial charge in [-0.25, -0.2) is 4.68 Å². The second-order valence-corrected chi connectivity index (χ2v) is 3.84. The van der Waals surface area contributed by atoms with Crippen molar-refractivity contribution in [3.63, 3.8) is 0 Å². The summed E-state index contributed by atoms with van der Waals surface area (Å²) in [6.45, 7) is 2.16. The molecule has 84 valence electrons. The number of hydrogen-bond acceptors (Lipinski definition) is 2. The maximum absolute atomic E-state index is 9.90. The van der Waals surface area contributed by atoms with E-state index in [4.69, 9.17) is 0 Å². The van der Waals surface area contributed by atoms with Crippen molar-refractivity contribution in [2.45, 2.75) is 26.2 Å². The third kappa shape index (κ3) is 2.08. The van der Waals surface area contributed by atoms with Crippen LogP contribution in [0.15, 0.2) is 36.7 Å². The highest BCUT2D eigenvalue weighted by Gasteiger charge is 2.09. The number of hydrogen-bond donors (Lipinski definition) is 1. The molecule has 0 saturated heterocycles. The quantitative estimate of drug-likeness (QED) is 0.853. The molecule has 1 aromatic heterocycles. The summed E-state index contributed by atoms with van der Waals surface area (Å²) in [4.78, 5) is 0. The van der Waals surface area contributed by atoms with Gasteiger partial charge in [0.05, 0.1) is 0 Å². The summed E-state index contributed by atoms with van der Waals surface area (Å²) in [5.74, 6) is 0.289. The Morgan fingerprint density at radius 3 is 2.88 bits per heavy atom. The highest BCUT2D eigenvalue weighted by Crippen LogP contribution is 2.26. The third-order valence-electron chi connectivity index (χ3n) is 2.63. The molecule has 1 N–H and O–H groups in total. The Hall–Kier alpha value is -1.77. The van der Waals surface area contributed by atoms with E-state index in [2.05, 4.69) is 12.0 Å². The van der Waals surface area contributed by atoms with E-state index in [1.54, 1.807) is 16.9 Å². The van der Waals surface area contributed by atoms with Gasteiger partial charge in [0.1, 0.15) is 11.4 Å². The van der Waals surface area contributed by atoms with E-state index in [0.717, 1.165) is 30.5 Å². The fourth-order valence-electron chi connectivity index (χ4n) is 1.81. The van der Waals surface area contributed by atoms with Crippen LogP contribution in [-0.2, 0) is 6.42 Å². The van der Waals surface area contributed by atoms with Gasteiger partial charge in [0, 0.05) is 12.4 Å². The molecular weight excluding hydrogens is 200 g/mol. The van der Waals surface area contributed by atoms with Gasteiger partial charge in [-0.3, -0.25) is 0 Å². The predicted molar refractivity (Wildman–Crippen MR) is 63.8 cm³/mol. The van der Waals surface area contributed by atoms with Gasteiger partial charge >= 0.3 is 0 Å². The Morgan fingerprint density at radius 2 is 2.19 bits per heavy atom. The van der Waals surface area contributed by atoms with Crippen LogP contribution >= 0.6 is 0 Å². The van der Waals surface area contributed by atoms with Gasteiger partial charge in [-0.1, -0.05) is 25.5 Å². The van der Waals surface area contributed by atoms with Crippen molar-refractivity contribution in [2.24, 2.45) is 0 Å². The number of phenolic OH excluding ortho intramolecular Hbond substituents is 1. The molecule has 3 nitrogen and oxygen atoms in total. The SMILES string of the molecule is CCCCc1cccc(O)c1-n1cccn1. The topological polar surface area (TPSA) is 38.0 Å². The Bertz CT molecular complexity index is 449. The zero-order valence-corrected chi connectivity index (χ0v) is 9.43. The third-order valence-corrected chi connectivity index (χ3v) is 2.63. The number of aromatic hydroxyl groups is 1. The van der Waals surface area contributed by atoms with Gasteiger partial charge in [-0.2, -0.15) is 5.10 Å². The molecule has 2 rings (SSSR count). The summed E-state index contributed by atoms with van der Waals surface area (Å²) in [7, 11) is 0. The lowest BCUT2D eigenvalue weighted by atomic mass is 10.1. The maximum atomic E-state index is 9.90. The maximum Gasteiger partial charge on any atom is 0.141 e. The van der Waals surface area contributed by atoms with Crippen LogP contribution < -0.4 is 0 Å². The van der Waals surface area contributed by atoms with Crippen LogP contribution in [0.5, 0.6) is 5.75 Å². The molecule has 16 heavy (non-hydrogen) atoms. The van der Waals surface area contributed by atoms with E-state index in [9.17, 15) is 5.11 Å². The minimum Gasteiger partial charge on any atom is -0.506 e. The summed E-state index contributed by atoms with van der Waals surface area (Å²) < 4.78 is 1.72. The summed E-state index contributed by atoms with van der Waals surface area (Å²) in [5.41, 5.74) is 1.95. The van der Waals surface area contributed by atoms with Gasteiger partial charge in [-0.05, 0) is 30.5 Å². The van der Waals surface area contributed by atoms with Gasteiger partial charge in [-0.15, -0.1) is 0 Å². The molecule has 0 aliphatic carbocycles. The molecule has 1 heterocycles. The van der Waals surface area contributed by atoms with E-state index >= 15 is 0 Å². The van der Waals surface area contributed by atoms with E-state index in [-0.39, 0.29) is 5.75 Å². The molecule has 0 saturated carbocycles. The van der Waals surface area contributed by atoms with E-state index in [0.29, 0.717) is 0 Å². The molecule has 0 aliphatic rings. The number of benzene rings is 1. The first-order valence-electron chi connectivity index (χ1n) is 5.63. The highest BCUT2D eigenvalue weighted by molar-refractivity contribution is 5.51. The molecule has 0 radical (unpaired) electrons. The molecule has 0 fully saturated rings. The monoisotopic (exact) mass is 216 g/mol. The van der Waals surface area contributed by atoms with Gasteiger partial charge in [0.25, 0.3) is 0 Å². The van der Waals surface area contributed by atoms with Crippen molar-refractivity contribution >= 4 is 0 Å². The first-order valence-corrected chi connectivity index (χ1v) is 5.63. The van der Waals surface area contributed by atoms with E-state index < -0.39 is 0 Å². The lowest BCUT2D eigenvalue weighted by Gasteiger charge is -2.10. The van der Waals surface area contributed by atoms with Gasteiger partial charge in [0.15, 0.2) is 0 Å². The van der Waals surface area contributed by atoms with Crippen molar-refractivity contribution in [3.05, 3.63) is 42.2 Å². The smallest absolute Gasteiger partial charge is 0.141 e. The number of nitrogens with zero attached hydrogens (tertiary/aromatic N) is 2. The molecule has 0 unspecified atom stereocenters. The Kier molecular flexibility index (Phi) is 3.25. The molecule has 0 amide bonds. The molecular formula is C13H16N2O. The van der Waals surface area contributed by atoms with Crippen LogP contribution in [0.3, 0.4) is 0 Å². The molecule has 2 aromatic rings. The molecule has 0 spiro atoms. The summed E-state index contributed by atoms with van der Waals surface area (Å²) in [5, 5.41) is 14.1. The second-order valence-electron chi connectivity index (χ2n) is 3.84. The summed E-state index contributed by atoms with van der Waals surface area (Å²) in [6.07, 6.45) is 6.81. The van der Waals surface area contributed by atoms with Crippen molar-refractivity contribution in [1.29, 1.82) is 0 Å². The number of aromatic nitrogens is 2. The normalized spacial score (nSPS) is 10.6. The van der Waals surface area contributed by atoms with Gasteiger partial charge in [0.2, 0.25) is 0 Å². The minimum absolute atomic E-state index is 0.289. The Balaban J connectivity index is 2.41. The molecule has 0 atom stereocenters. The van der Waals surface area contributed by atoms with Crippen molar-refractivity contribution in [2.75, 3.05) is 0 Å². The van der Waals surface area contributed by atoms with E-state index in [1.165, 1.54) is 0 Å². The van der Waals surface area contributed by atoms with Crippen LogP contribution in [0, 0.1) is 0 Å². The molecule has 0 aliphatic heterocycles. The van der Waals surface area contributed by atoms with Crippen LogP contribution in [-0.4, -0.2) is 14.9 Å². The molecule has 3 heteroatoms. The summed E-state index contributed by atoms with van der Waals surface area (Å²) >= 11 is 0.